The molecule has 0 saturated heterocycles. The summed E-state index contributed by atoms with van der Waals surface area (Å²) < 4.78 is 1.63. The predicted octanol–water partition coefficient (Wildman–Crippen LogP) is 1.66. The highest BCUT2D eigenvalue weighted by Crippen LogP contribution is 2.25. The molecule has 0 bridgehead atoms. The van der Waals surface area contributed by atoms with Crippen LogP contribution in [-0.2, 0) is 0 Å². The molecule has 0 amide bonds. The third kappa shape index (κ3) is 2.01. The van der Waals surface area contributed by atoms with E-state index in [2.05, 4.69) is 22.0 Å². The Labute approximate surface area is 98.1 Å². The van der Waals surface area contributed by atoms with E-state index in [9.17, 15) is 0 Å². The summed E-state index contributed by atoms with van der Waals surface area (Å²) in [4.78, 5) is 9.17. The van der Waals surface area contributed by atoms with Gasteiger partial charge in [-0.2, -0.15) is 9.78 Å². The molecule has 2 N–H and O–H groups in total. The average Bonchev–Trinajstić information content (AvgIpc) is 2.61. The van der Waals surface area contributed by atoms with Gasteiger partial charge in [-0.15, -0.1) is 11.8 Å². The second-order valence-electron chi connectivity index (χ2n) is 3.26. The molecule has 0 aliphatic carbocycles. The Hall–Kier alpha value is -1.56. The van der Waals surface area contributed by atoms with E-state index >= 15 is 0 Å². The molecule has 0 fully saturated rings. The highest BCUT2D eigenvalue weighted by Gasteiger charge is 2.09. The minimum absolute atomic E-state index is 0.630. The van der Waals surface area contributed by atoms with Crippen molar-refractivity contribution in [2.24, 2.45) is 0 Å². The maximum atomic E-state index is 5.99. The molecule has 0 atom stereocenters. The monoisotopic (exact) mass is 235 g/mol. The number of anilines is 1. The predicted molar refractivity (Wildman–Crippen MR) is 64.7 cm³/mol. The van der Waals surface area contributed by atoms with E-state index in [0.717, 1.165) is 16.3 Å². The van der Waals surface area contributed by atoms with Crippen molar-refractivity contribution in [3.05, 3.63) is 24.3 Å². The number of nitrogens with two attached hydrogens (primary N) is 1. The lowest BCUT2D eigenvalue weighted by atomic mass is 10.4. The first kappa shape index (κ1) is 10.9. The molecule has 2 aromatic rings. The Bertz CT molecular complexity index is 494. The molecule has 6 heteroatoms. The van der Waals surface area contributed by atoms with Crippen LogP contribution in [0, 0.1) is 6.92 Å². The molecular weight excluding hydrogens is 222 g/mol. The average molecular weight is 235 g/mol. The molecule has 0 saturated carbocycles. The Morgan fingerprint density at radius 1 is 1.44 bits per heavy atom. The van der Waals surface area contributed by atoms with Crippen LogP contribution in [0.2, 0.25) is 0 Å². The first-order valence-corrected chi connectivity index (χ1v) is 5.96. The molecule has 2 aromatic heterocycles. The molecule has 0 unspecified atom stereocenters. The summed E-state index contributed by atoms with van der Waals surface area (Å²) in [7, 11) is 0. The summed E-state index contributed by atoms with van der Waals surface area (Å²) in [5, 5.41) is 4.23. The van der Waals surface area contributed by atoms with Crippen LogP contribution in [0.1, 0.15) is 12.6 Å². The van der Waals surface area contributed by atoms with Gasteiger partial charge in [0.1, 0.15) is 12.1 Å². The molecule has 0 aliphatic heterocycles. The highest BCUT2D eigenvalue weighted by atomic mass is 32.2. The van der Waals surface area contributed by atoms with Crippen molar-refractivity contribution in [2.45, 2.75) is 18.7 Å². The van der Waals surface area contributed by atoms with Gasteiger partial charge in [0.2, 0.25) is 0 Å². The first-order valence-electron chi connectivity index (χ1n) is 4.97. The zero-order valence-corrected chi connectivity index (χ0v) is 10.0. The number of hydrogen-bond donors (Lipinski definition) is 1. The molecule has 2 rings (SSSR count). The first-order chi connectivity index (χ1) is 7.72. The van der Waals surface area contributed by atoms with Crippen LogP contribution in [-0.4, -0.2) is 25.5 Å². The topological polar surface area (TPSA) is 69.6 Å². The zero-order valence-electron chi connectivity index (χ0n) is 9.21. The number of thioether (sulfide) groups is 1. The lowest BCUT2D eigenvalue weighted by Crippen LogP contribution is -2.05. The van der Waals surface area contributed by atoms with Crippen LogP contribution in [0.4, 0.5) is 5.82 Å². The molecule has 0 aromatic carbocycles. The number of rotatable bonds is 3. The van der Waals surface area contributed by atoms with Crippen LogP contribution < -0.4 is 5.73 Å². The van der Waals surface area contributed by atoms with Gasteiger partial charge in [-0.05, 0) is 12.7 Å². The molecular formula is C10H13N5S. The lowest BCUT2D eigenvalue weighted by Gasteiger charge is -2.03. The maximum Gasteiger partial charge on any atom is 0.159 e. The number of hydrogen-bond acceptors (Lipinski definition) is 5. The Morgan fingerprint density at radius 3 is 2.94 bits per heavy atom. The van der Waals surface area contributed by atoms with Gasteiger partial charge in [0.25, 0.3) is 0 Å². The van der Waals surface area contributed by atoms with Crippen molar-refractivity contribution < 1.29 is 0 Å². The number of aromatic nitrogens is 4. The van der Waals surface area contributed by atoms with E-state index < -0.39 is 0 Å². The highest BCUT2D eigenvalue weighted by molar-refractivity contribution is 7.99. The molecule has 84 valence electrons. The van der Waals surface area contributed by atoms with E-state index in [4.69, 9.17) is 5.73 Å². The van der Waals surface area contributed by atoms with Gasteiger partial charge in [-0.1, -0.05) is 6.92 Å². The van der Waals surface area contributed by atoms with Crippen LogP contribution >= 0.6 is 11.8 Å². The van der Waals surface area contributed by atoms with Gasteiger partial charge in [-0.3, -0.25) is 0 Å². The second kappa shape index (κ2) is 4.52. The standard InChI is InChI=1S/C10H13N5S/c1-3-16-8-5-14-15(10(8)11)9-4-7(2)12-6-13-9/h4-6H,3,11H2,1-2H3. The van der Waals surface area contributed by atoms with Gasteiger partial charge in [-0.25, -0.2) is 9.97 Å². The molecule has 0 spiro atoms. The lowest BCUT2D eigenvalue weighted by molar-refractivity contribution is 0.844. The maximum absolute atomic E-state index is 5.99. The van der Waals surface area contributed by atoms with Crippen molar-refractivity contribution >= 4 is 17.6 Å². The molecule has 5 nitrogen and oxygen atoms in total. The van der Waals surface area contributed by atoms with E-state index in [0.29, 0.717) is 11.6 Å². The fraction of sp³-hybridized carbons (Fsp3) is 0.300. The molecule has 2 heterocycles. The SMILES string of the molecule is CCSc1cnn(-c2cc(C)ncn2)c1N. The van der Waals surface area contributed by atoms with E-state index in [1.165, 1.54) is 6.33 Å². The second-order valence-corrected chi connectivity index (χ2v) is 4.56. The van der Waals surface area contributed by atoms with Crippen LogP contribution in [0.3, 0.4) is 0 Å². The normalized spacial score (nSPS) is 10.6. The number of nitrogen functional groups attached to an aromatic ring is 1. The minimum atomic E-state index is 0.630. The quantitative estimate of drug-likeness (QED) is 0.819. The number of aryl methyl sites for hydroxylation is 1. The molecule has 0 aliphatic rings. The summed E-state index contributed by atoms with van der Waals surface area (Å²) in [5.74, 6) is 2.30. The van der Waals surface area contributed by atoms with Gasteiger partial charge in [0.05, 0.1) is 11.1 Å². The van der Waals surface area contributed by atoms with Crippen molar-refractivity contribution in [2.75, 3.05) is 11.5 Å². The van der Waals surface area contributed by atoms with Gasteiger partial charge in [0, 0.05) is 11.8 Å². The van der Waals surface area contributed by atoms with Gasteiger partial charge >= 0.3 is 0 Å². The summed E-state index contributed by atoms with van der Waals surface area (Å²) >= 11 is 1.67. The third-order valence-corrected chi connectivity index (χ3v) is 2.99. The van der Waals surface area contributed by atoms with Gasteiger partial charge in [0.15, 0.2) is 5.82 Å². The largest absolute Gasteiger partial charge is 0.383 e. The van der Waals surface area contributed by atoms with Crippen LogP contribution in [0.25, 0.3) is 5.82 Å². The van der Waals surface area contributed by atoms with Crippen molar-refractivity contribution in [3.8, 4) is 5.82 Å². The van der Waals surface area contributed by atoms with Crippen LogP contribution in [0.15, 0.2) is 23.5 Å². The summed E-state index contributed by atoms with van der Waals surface area (Å²) in [6.07, 6.45) is 3.28. The van der Waals surface area contributed by atoms with E-state index in [-0.39, 0.29) is 0 Å². The van der Waals surface area contributed by atoms with Crippen molar-refractivity contribution in [3.63, 3.8) is 0 Å². The Kier molecular flexibility index (Phi) is 3.09. The number of nitrogens with zero attached hydrogens (tertiary/aromatic N) is 4. The van der Waals surface area contributed by atoms with Crippen LogP contribution in [0.5, 0.6) is 0 Å². The summed E-state index contributed by atoms with van der Waals surface area (Å²) in [6.45, 7) is 3.99. The van der Waals surface area contributed by atoms with Gasteiger partial charge < -0.3 is 5.73 Å². The molecule has 0 radical (unpaired) electrons. The summed E-state index contributed by atoms with van der Waals surface area (Å²) in [5.41, 5.74) is 6.88. The molecule has 16 heavy (non-hydrogen) atoms. The Balaban J connectivity index is 2.41. The van der Waals surface area contributed by atoms with Crippen molar-refractivity contribution in [1.82, 2.24) is 19.7 Å². The summed E-state index contributed by atoms with van der Waals surface area (Å²) in [6, 6.07) is 1.85. The Morgan fingerprint density at radius 2 is 2.25 bits per heavy atom. The fourth-order valence-electron chi connectivity index (χ4n) is 1.35. The minimum Gasteiger partial charge on any atom is -0.383 e. The fourth-order valence-corrected chi connectivity index (χ4v) is 2.02. The smallest absolute Gasteiger partial charge is 0.159 e. The third-order valence-electron chi connectivity index (χ3n) is 2.08. The zero-order chi connectivity index (χ0) is 11.5. The van der Waals surface area contributed by atoms with E-state index in [1.807, 2.05) is 13.0 Å². The van der Waals surface area contributed by atoms with Crippen molar-refractivity contribution in [1.29, 1.82) is 0 Å². The van der Waals surface area contributed by atoms with E-state index in [1.54, 1.807) is 22.6 Å².